The molecule has 2 amide bonds. The molecule has 0 saturated carbocycles. The monoisotopic (exact) mass is 313 g/mol. The number of aromatic amines is 1. The van der Waals surface area contributed by atoms with E-state index in [0.29, 0.717) is 12.0 Å². The first kappa shape index (κ1) is 15.6. The number of aryl methyl sites for hydroxylation is 2. The fourth-order valence-electron chi connectivity index (χ4n) is 2.42. The van der Waals surface area contributed by atoms with Gasteiger partial charge in [0.1, 0.15) is 0 Å². The molecule has 21 heavy (non-hydrogen) atoms. The Labute approximate surface area is 123 Å². The molecule has 1 unspecified atom stereocenters. The van der Waals surface area contributed by atoms with E-state index in [9.17, 15) is 18.0 Å². The topological polar surface area (TPSA) is 108 Å². The van der Waals surface area contributed by atoms with E-state index in [1.165, 1.54) is 0 Å². The Morgan fingerprint density at radius 3 is 2.71 bits per heavy atom. The van der Waals surface area contributed by atoms with E-state index in [1.54, 1.807) is 13.8 Å². The molecular formula is C13H19N3O4S. The van der Waals surface area contributed by atoms with E-state index < -0.39 is 15.9 Å². The molecule has 1 saturated heterocycles. The average Bonchev–Trinajstić information content (AvgIpc) is 2.67. The summed E-state index contributed by atoms with van der Waals surface area (Å²) in [5.41, 5.74) is 1.84. The summed E-state index contributed by atoms with van der Waals surface area (Å²) >= 11 is 0. The first-order valence-electron chi connectivity index (χ1n) is 6.71. The molecule has 1 aromatic heterocycles. The summed E-state index contributed by atoms with van der Waals surface area (Å²) in [6, 6.07) is 1.02. The van der Waals surface area contributed by atoms with Crippen LogP contribution in [0, 0.1) is 13.8 Å². The van der Waals surface area contributed by atoms with Gasteiger partial charge in [0, 0.05) is 17.3 Å². The van der Waals surface area contributed by atoms with Crippen LogP contribution in [0.25, 0.3) is 0 Å². The number of hydrogen-bond acceptors (Lipinski definition) is 4. The van der Waals surface area contributed by atoms with Gasteiger partial charge >= 0.3 is 6.03 Å². The molecule has 7 nitrogen and oxygen atoms in total. The molecule has 0 aromatic carbocycles. The van der Waals surface area contributed by atoms with Gasteiger partial charge in [-0.3, -0.25) is 4.79 Å². The first-order valence-corrected chi connectivity index (χ1v) is 8.53. The zero-order valence-electron chi connectivity index (χ0n) is 12.0. The molecule has 1 aliphatic rings. The molecule has 3 N–H and O–H groups in total. The fraction of sp³-hybridized carbons (Fsp3) is 0.538. The van der Waals surface area contributed by atoms with Crippen LogP contribution in [0.3, 0.4) is 0 Å². The van der Waals surface area contributed by atoms with E-state index in [-0.39, 0.29) is 29.7 Å². The summed E-state index contributed by atoms with van der Waals surface area (Å²) < 4.78 is 22.6. The van der Waals surface area contributed by atoms with Gasteiger partial charge in [-0.2, -0.15) is 0 Å². The quantitative estimate of drug-likeness (QED) is 0.728. The van der Waals surface area contributed by atoms with E-state index in [4.69, 9.17) is 0 Å². The SMILES string of the molecule is Cc1cc(C)c(CNC(=O)NC2CCS(=O)(=O)C2)c(=O)[nH]1. The van der Waals surface area contributed by atoms with Gasteiger partial charge in [-0.05, 0) is 31.9 Å². The van der Waals surface area contributed by atoms with Crippen molar-refractivity contribution in [1.82, 2.24) is 15.6 Å². The third-order valence-electron chi connectivity index (χ3n) is 3.49. The number of rotatable bonds is 3. The summed E-state index contributed by atoms with van der Waals surface area (Å²) in [7, 11) is -3.02. The number of H-pyrrole nitrogens is 1. The number of urea groups is 1. The maximum atomic E-state index is 11.8. The normalized spacial score (nSPS) is 20.2. The van der Waals surface area contributed by atoms with Crippen molar-refractivity contribution in [2.75, 3.05) is 11.5 Å². The molecule has 2 rings (SSSR count). The van der Waals surface area contributed by atoms with Crippen molar-refractivity contribution in [1.29, 1.82) is 0 Å². The maximum absolute atomic E-state index is 11.8. The van der Waals surface area contributed by atoms with Crippen molar-refractivity contribution in [3.8, 4) is 0 Å². The molecule has 116 valence electrons. The fourth-order valence-corrected chi connectivity index (χ4v) is 4.09. The van der Waals surface area contributed by atoms with Gasteiger partial charge in [0.05, 0.1) is 18.1 Å². The second kappa shape index (κ2) is 5.88. The smallest absolute Gasteiger partial charge is 0.315 e. The number of amides is 2. The Morgan fingerprint density at radius 1 is 1.43 bits per heavy atom. The molecule has 1 aliphatic heterocycles. The summed E-state index contributed by atoms with van der Waals surface area (Å²) in [4.78, 5) is 26.2. The number of aromatic nitrogens is 1. The maximum Gasteiger partial charge on any atom is 0.315 e. The van der Waals surface area contributed by atoms with Gasteiger partial charge < -0.3 is 15.6 Å². The Morgan fingerprint density at radius 2 is 2.14 bits per heavy atom. The highest BCUT2D eigenvalue weighted by Crippen LogP contribution is 2.11. The van der Waals surface area contributed by atoms with Crippen molar-refractivity contribution in [3.05, 3.63) is 33.2 Å². The van der Waals surface area contributed by atoms with Crippen LogP contribution < -0.4 is 16.2 Å². The van der Waals surface area contributed by atoms with Crippen LogP contribution in [0.2, 0.25) is 0 Å². The molecular weight excluding hydrogens is 294 g/mol. The Hall–Kier alpha value is -1.83. The van der Waals surface area contributed by atoms with E-state index in [1.807, 2.05) is 6.07 Å². The largest absolute Gasteiger partial charge is 0.334 e. The van der Waals surface area contributed by atoms with Crippen LogP contribution in [0.4, 0.5) is 4.79 Å². The van der Waals surface area contributed by atoms with Crippen LogP contribution in [-0.4, -0.2) is 37.0 Å². The van der Waals surface area contributed by atoms with Gasteiger partial charge in [-0.25, -0.2) is 13.2 Å². The molecule has 0 bridgehead atoms. The van der Waals surface area contributed by atoms with Crippen LogP contribution in [-0.2, 0) is 16.4 Å². The first-order chi connectivity index (χ1) is 9.77. The second-order valence-electron chi connectivity index (χ2n) is 5.37. The number of carbonyl (C=O) groups excluding carboxylic acids is 1. The predicted octanol–water partition coefficient (Wildman–Crippen LogP) is -0.0220. The van der Waals surface area contributed by atoms with Crippen molar-refractivity contribution < 1.29 is 13.2 Å². The van der Waals surface area contributed by atoms with Crippen molar-refractivity contribution in [2.24, 2.45) is 0 Å². The molecule has 1 aromatic rings. The van der Waals surface area contributed by atoms with Crippen LogP contribution in [0.15, 0.2) is 10.9 Å². The third kappa shape index (κ3) is 4.07. The van der Waals surface area contributed by atoms with Gasteiger partial charge in [0.15, 0.2) is 9.84 Å². The van der Waals surface area contributed by atoms with E-state index in [2.05, 4.69) is 15.6 Å². The number of sulfone groups is 1. The van der Waals surface area contributed by atoms with E-state index in [0.717, 1.165) is 11.3 Å². The lowest BCUT2D eigenvalue weighted by molar-refractivity contribution is 0.237. The highest BCUT2D eigenvalue weighted by molar-refractivity contribution is 7.91. The van der Waals surface area contributed by atoms with Crippen molar-refractivity contribution in [3.63, 3.8) is 0 Å². The molecule has 0 radical (unpaired) electrons. The van der Waals surface area contributed by atoms with Crippen LogP contribution in [0.5, 0.6) is 0 Å². The highest BCUT2D eigenvalue weighted by Gasteiger charge is 2.28. The minimum absolute atomic E-state index is 0.0233. The van der Waals surface area contributed by atoms with Gasteiger partial charge in [-0.1, -0.05) is 0 Å². The summed E-state index contributed by atoms with van der Waals surface area (Å²) in [5.74, 6) is 0.0826. The van der Waals surface area contributed by atoms with Crippen LogP contribution in [0.1, 0.15) is 23.2 Å². The second-order valence-corrected chi connectivity index (χ2v) is 7.60. The molecule has 2 heterocycles. The molecule has 8 heteroatoms. The summed E-state index contributed by atoms with van der Waals surface area (Å²) in [6.45, 7) is 3.70. The Kier molecular flexibility index (Phi) is 4.36. The van der Waals surface area contributed by atoms with Gasteiger partial charge in [0.2, 0.25) is 0 Å². The van der Waals surface area contributed by atoms with Crippen LogP contribution >= 0.6 is 0 Å². The molecule has 1 atom stereocenters. The number of pyridine rings is 1. The van der Waals surface area contributed by atoms with Gasteiger partial charge in [0.25, 0.3) is 5.56 Å². The Balaban J connectivity index is 1.92. The molecule has 0 aliphatic carbocycles. The average molecular weight is 313 g/mol. The number of nitrogens with one attached hydrogen (secondary N) is 3. The molecule has 1 fully saturated rings. The molecule has 0 spiro atoms. The standard InChI is InChI=1S/C13H19N3O4S/c1-8-5-9(2)15-12(17)11(8)6-14-13(18)16-10-3-4-21(19,20)7-10/h5,10H,3-4,6-7H2,1-2H3,(H,15,17)(H2,14,16,18). The van der Waals surface area contributed by atoms with Crippen molar-refractivity contribution in [2.45, 2.75) is 32.9 Å². The Bertz CT molecular complexity index is 709. The van der Waals surface area contributed by atoms with E-state index >= 15 is 0 Å². The minimum Gasteiger partial charge on any atom is -0.334 e. The number of carbonyl (C=O) groups is 1. The lowest BCUT2D eigenvalue weighted by atomic mass is 10.1. The minimum atomic E-state index is -3.02. The summed E-state index contributed by atoms with van der Waals surface area (Å²) in [6.07, 6.45) is 0.430. The predicted molar refractivity (Wildman–Crippen MR) is 79.0 cm³/mol. The zero-order valence-corrected chi connectivity index (χ0v) is 12.8. The van der Waals surface area contributed by atoms with Gasteiger partial charge in [-0.15, -0.1) is 0 Å². The highest BCUT2D eigenvalue weighted by atomic mass is 32.2. The lowest BCUT2D eigenvalue weighted by Gasteiger charge is -2.12. The zero-order chi connectivity index (χ0) is 15.6. The lowest BCUT2D eigenvalue weighted by Crippen LogP contribution is -2.43. The summed E-state index contributed by atoms with van der Waals surface area (Å²) in [5, 5.41) is 5.20. The third-order valence-corrected chi connectivity index (χ3v) is 5.26. The van der Waals surface area contributed by atoms with Crippen molar-refractivity contribution >= 4 is 15.9 Å². The number of hydrogen-bond donors (Lipinski definition) is 3.